The van der Waals surface area contributed by atoms with E-state index in [1.165, 1.54) is 11.5 Å². The Morgan fingerprint density at radius 3 is 2.91 bits per heavy atom. The zero-order chi connectivity index (χ0) is 15.5. The van der Waals surface area contributed by atoms with Gasteiger partial charge in [-0.05, 0) is 38.0 Å². The quantitative estimate of drug-likeness (QED) is 0.857. The molecule has 1 aliphatic rings. The van der Waals surface area contributed by atoms with Crippen LogP contribution in [-0.2, 0) is 6.54 Å². The lowest BCUT2D eigenvalue weighted by Crippen LogP contribution is -2.36. The summed E-state index contributed by atoms with van der Waals surface area (Å²) in [6, 6.07) is 2.16. The molecule has 1 amide bonds. The first-order chi connectivity index (χ1) is 10.6. The van der Waals surface area contributed by atoms with Crippen molar-refractivity contribution in [2.24, 2.45) is 0 Å². The van der Waals surface area contributed by atoms with Crippen LogP contribution in [0.25, 0.3) is 0 Å². The van der Waals surface area contributed by atoms with Crippen LogP contribution in [0.4, 0.5) is 0 Å². The van der Waals surface area contributed by atoms with E-state index in [4.69, 9.17) is 0 Å². The van der Waals surface area contributed by atoms with Gasteiger partial charge in [-0.25, -0.2) is 9.97 Å². The monoisotopic (exact) mass is 317 g/mol. The average molecular weight is 317 g/mol. The van der Waals surface area contributed by atoms with Gasteiger partial charge >= 0.3 is 0 Å². The highest BCUT2D eigenvalue weighted by molar-refractivity contribution is 7.03. The number of nitrogens with zero attached hydrogens (tertiary/aromatic N) is 5. The number of aryl methyl sites for hydroxylation is 1. The fraction of sp³-hybridized carbons (Fsp3) is 0.467. The van der Waals surface area contributed by atoms with Crippen LogP contribution >= 0.6 is 11.5 Å². The molecule has 0 aromatic carbocycles. The Morgan fingerprint density at radius 1 is 1.45 bits per heavy atom. The zero-order valence-electron chi connectivity index (χ0n) is 12.8. The van der Waals surface area contributed by atoms with Crippen molar-refractivity contribution in [2.75, 3.05) is 20.1 Å². The summed E-state index contributed by atoms with van der Waals surface area (Å²) in [6.07, 6.45) is 4.49. The molecule has 0 aliphatic carbocycles. The summed E-state index contributed by atoms with van der Waals surface area (Å²) in [7, 11) is 2.06. The van der Waals surface area contributed by atoms with Gasteiger partial charge in [-0.3, -0.25) is 9.69 Å². The zero-order valence-corrected chi connectivity index (χ0v) is 13.6. The fourth-order valence-corrected chi connectivity index (χ4v) is 3.40. The van der Waals surface area contributed by atoms with E-state index >= 15 is 0 Å². The van der Waals surface area contributed by atoms with Crippen LogP contribution in [0, 0.1) is 6.92 Å². The van der Waals surface area contributed by atoms with E-state index in [-0.39, 0.29) is 5.91 Å². The Labute approximate surface area is 134 Å². The van der Waals surface area contributed by atoms with E-state index in [0.717, 1.165) is 36.6 Å². The molecule has 1 aliphatic heterocycles. The smallest absolute Gasteiger partial charge is 0.256 e. The number of likely N-dealkylation sites (N-methyl/N-ethyl adjacent to an activating group) is 1. The molecule has 3 rings (SSSR count). The number of rotatable bonds is 4. The molecule has 0 N–H and O–H groups in total. The van der Waals surface area contributed by atoms with Gasteiger partial charge in [0, 0.05) is 36.9 Å². The summed E-state index contributed by atoms with van der Waals surface area (Å²) in [6.45, 7) is 4.12. The number of carbonyl (C=O) groups is 1. The fourth-order valence-electron chi connectivity index (χ4n) is 2.72. The third kappa shape index (κ3) is 3.15. The van der Waals surface area contributed by atoms with E-state index < -0.39 is 0 Å². The van der Waals surface area contributed by atoms with Crippen LogP contribution in [0.1, 0.15) is 28.3 Å². The molecule has 0 spiro atoms. The number of likely N-dealkylation sites (tertiary alicyclic amines) is 1. The topological polar surface area (TPSA) is 62.2 Å². The summed E-state index contributed by atoms with van der Waals surface area (Å²) >= 11 is 1.34. The van der Waals surface area contributed by atoms with Gasteiger partial charge in [0.2, 0.25) is 0 Å². The molecule has 0 radical (unpaired) electrons. The average Bonchev–Trinajstić information content (AvgIpc) is 3.16. The van der Waals surface area contributed by atoms with E-state index in [0.29, 0.717) is 12.6 Å². The largest absolute Gasteiger partial charge is 0.337 e. The van der Waals surface area contributed by atoms with Crippen molar-refractivity contribution < 1.29 is 4.79 Å². The van der Waals surface area contributed by atoms with Gasteiger partial charge in [-0.1, -0.05) is 0 Å². The molecular formula is C15H19N5OS. The Hall–Kier alpha value is -1.86. The molecule has 0 saturated carbocycles. The van der Waals surface area contributed by atoms with Crippen LogP contribution in [-0.4, -0.2) is 56.2 Å². The second-order valence-corrected chi connectivity index (χ2v) is 6.22. The third-order valence-corrected chi connectivity index (χ3v) is 4.78. The van der Waals surface area contributed by atoms with Crippen LogP contribution in [0.3, 0.4) is 0 Å². The van der Waals surface area contributed by atoms with Crippen LogP contribution < -0.4 is 0 Å². The van der Waals surface area contributed by atoms with E-state index in [1.807, 2.05) is 23.3 Å². The minimum Gasteiger partial charge on any atom is -0.337 e. The van der Waals surface area contributed by atoms with Gasteiger partial charge < -0.3 is 4.90 Å². The Morgan fingerprint density at radius 2 is 2.23 bits per heavy atom. The molecule has 1 fully saturated rings. The SMILES string of the molecule is Cc1nscc1C(=O)N1CCC(N(C)Cc2ncccn2)C1. The van der Waals surface area contributed by atoms with Crippen molar-refractivity contribution in [3.63, 3.8) is 0 Å². The number of carbonyl (C=O) groups excluding carboxylic acids is 1. The van der Waals surface area contributed by atoms with Crippen molar-refractivity contribution >= 4 is 17.4 Å². The van der Waals surface area contributed by atoms with Crippen LogP contribution in [0.5, 0.6) is 0 Å². The highest BCUT2D eigenvalue weighted by Crippen LogP contribution is 2.20. The predicted octanol–water partition coefficient (Wildman–Crippen LogP) is 1.59. The van der Waals surface area contributed by atoms with Crippen LogP contribution in [0.15, 0.2) is 23.8 Å². The second-order valence-electron chi connectivity index (χ2n) is 5.59. The molecule has 1 unspecified atom stereocenters. The molecule has 1 saturated heterocycles. The number of hydrogen-bond donors (Lipinski definition) is 0. The van der Waals surface area contributed by atoms with Gasteiger partial charge in [-0.2, -0.15) is 4.37 Å². The van der Waals surface area contributed by atoms with Gasteiger partial charge in [0.1, 0.15) is 5.82 Å². The highest BCUT2D eigenvalue weighted by Gasteiger charge is 2.30. The van der Waals surface area contributed by atoms with Gasteiger partial charge in [0.15, 0.2) is 0 Å². The van der Waals surface area contributed by atoms with Crippen LogP contribution in [0.2, 0.25) is 0 Å². The Bertz CT molecular complexity index is 644. The van der Waals surface area contributed by atoms with Crippen molar-refractivity contribution in [1.29, 1.82) is 0 Å². The molecule has 22 heavy (non-hydrogen) atoms. The van der Waals surface area contributed by atoms with E-state index in [2.05, 4.69) is 26.3 Å². The molecule has 1 atom stereocenters. The molecule has 6 nitrogen and oxygen atoms in total. The summed E-state index contributed by atoms with van der Waals surface area (Å²) < 4.78 is 4.19. The molecule has 2 aromatic rings. The second kappa shape index (κ2) is 6.50. The first-order valence-corrected chi connectivity index (χ1v) is 8.15. The summed E-state index contributed by atoms with van der Waals surface area (Å²) in [5.41, 5.74) is 1.56. The molecule has 2 aromatic heterocycles. The summed E-state index contributed by atoms with van der Waals surface area (Å²) in [5, 5.41) is 1.84. The maximum Gasteiger partial charge on any atom is 0.256 e. The number of hydrogen-bond acceptors (Lipinski definition) is 6. The first kappa shape index (κ1) is 15.1. The molecular weight excluding hydrogens is 298 g/mol. The predicted molar refractivity (Wildman–Crippen MR) is 84.7 cm³/mol. The van der Waals surface area contributed by atoms with Crippen molar-refractivity contribution in [3.05, 3.63) is 40.9 Å². The van der Waals surface area contributed by atoms with Crippen molar-refractivity contribution in [3.8, 4) is 0 Å². The standard InChI is InChI=1S/C15H19N5OS/c1-11-13(10-22-18-11)15(21)20-7-4-12(8-20)19(2)9-14-16-5-3-6-17-14/h3,5-6,10,12H,4,7-9H2,1-2H3. The summed E-state index contributed by atoms with van der Waals surface area (Å²) in [5.74, 6) is 0.908. The lowest BCUT2D eigenvalue weighted by molar-refractivity contribution is 0.0779. The lowest BCUT2D eigenvalue weighted by Gasteiger charge is -2.23. The summed E-state index contributed by atoms with van der Waals surface area (Å²) in [4.78, 5) is 25.2. The van der Waals surface area contributed by atoms with Gasteiger partial charge in [-0.15, -0.1) is 0 Å². The minimum absolute atomic E-state index is 0.0955. The van der Waals surface area contributed by atoms with Gasteiger partial charge in [0.25, 0.3) is 5.91 Å². The van der Waals surface area contributed by atoms with Gasteiger partial charge in [0.05, 0.1) is 17.8 Å². The normalized spacial score (nSPS) is 18.1. The number of aromatic nitrogens is 3. The van der Waals surface area contributed by atoms with E-state index in [1.54, 1.807) is 12.4 Å². The Kier molecular flexibility index (Phi) is 4.44. The van der Waals surface area contributed by atoms with Crippen molar-refractivity contribution in [2.45, 2.75) is 25.9 Å². The van der Waals surface area contributed by atoms with E-state index in [9.17, 15) is 4.79 Å². The maximum absolute atomic E-state index is 12.5. The molecule has 3 heterocycles. The molecule has 116 valence electrons. The third-order valence-electron chi connectivity index (χ3n) is 4.06. The Balaban J connectivity index is 1.60. The first-order valence-electron chi connectivity index (χ1n) is 7.31. The maximum atomic E-state index is 12.5. The number of amides is 1. The highest BCUT2D eigenvalue weighted by atomic mass is 32.1. The molecule has 7 heteroatoms. The lowest BCUT2D eigenvalue weighted by atomic mass is 10.2. The molecule has 0 bridgehead atoms. The minimum atomic E-state index is 0.0955. The van der Waals surface area contributed by atoms with Crippen molar-refractivity contribution in [1.82, 2.24) is 24.1 Å².